The maximum Gasteiger partial charge on any atom is 0.0645 e. The summed E-state index contributed by atoms with van der Waals surface area (Å²) in [7, 11) is 0. The van der Waals surface area contributed by atoms with E-state index < -0.39 is 0 Å². The van der Waals surface area contributed by atoms with E-state index in [1.54, 1.807) is 5.57 Å². The average molecular weight is 267 g/mol. The van der Waals surface area contributed by atoms with Crippen LogP contribution in [0, 0.1) is 0 Å². The van der Waals surface area contributed by atoms with Gasteiger partial charge in [0, 0.05) is 18.3 Å². The van der Waals surface area contributed by atoms with Gasteiger partial charge in [0.05, 0.1) is 11.9 Å². The molecule has 0 atom stereocenters. The first kappa shape index (κ1) is 13.1. The molecule has 1 aliphatic rings. The first-order chi connectivity index (χ1) is 9.92. The monoisotopic (exact) mass is 267 g/mol. The molecule has 0 bridgehead atoms. The summed E-state index contributed by atoms with van der Waals surface area (Å²) in [5.74, 6) is 0. The molecule has 0 spiro atoms. The van der Waals surface area contributed by atoms with Crippen LogP contribution in [0.5, 0.6) is 0 Å². The number of hydrogen-bond donors (Lipinski definition) is 1. The normalized spacial score (nSPS) is 14.5. The van der Waals surface area contributed by atoms with Crippen molar-refractivity contribution in [3.8, 4) is 5.69 Å². The highest BCUT2D eigenvalue weighted by Gasteiger charge is 2.04. The Labute approximate surface area is 120 Å². The Morgan fingerprint density at radius 1 is 1.20 bits per heavy atom. The number of nitrogens with zero attached hydrogens (tertiary/aromatic N) is 2. The second kappa shape index (κ2) is 6.53. The van der Waals surface area contributed by atoms with Crippen LogP contribution < -0.4 is 5.32 Å². The Bertz CT molecular complexity index is 569. The van der Waals surface area contributed by atoms with Crippen molar-refractivity contribution < 1.29 is 0 Å². The number of rotatable bonds is 6. The summed E-state index contributed by atoms with van der Waals surface area (Å²) in [6.45, 7) is 1.95. The molecule has 3 rings (SSSR count). The van der Waals surface area contributed by atoms with Crippen molar-refractivity contribution in [3.05, 3.63) is 59.9 Å². The fourth-order valence-electron chi connectivity index (χ4n) is 2.62. The molecule has 1 aromatic carbocycles. The molecule has 3 nitrogen and oxygen atoms in total. The van der Waals surface area contributed by atoms with Gasteiger partial charge in [0.2, 0.25) is 0 Å². The molecule has 1 aliphatic carbocycles. The molecule has 0 radical (unpaired) electrons. The van der Waals surface area contributed by atoms with Crippen molar-refractivity contribution in [2.24, 2.45) is 0 Å². The zero-order valence-corrected chi connectivity index (χ0v) is 11.8. The molecular weight excluding hydrogens is 246 g/mol. The van der Waals surface area contributed by atoms with Crippen LogP contribution >= 0.6 is 0 Å². The van der Waals surface area contributed by atoms with Gasteiger partial charge in [-0.2, -0.15) is 5.10 Å². The number of allylic oxidation sites excluding steroid dienone is 1. The van der Waals surface area contributed by atoms with E-state index in [0.717, 1.165) is 18.8 Å². The van der Waals surface area contributed by atoms with Gasteiger partial charge < -0.3 is 5.32 Å². The lowest BCUT2D eigenvalue weighted by molar-refractivity contribution is 0.676. The molecule has 0 saturated heterocycles. The predicted octanol–water partition coefficient (Wildman–Crippen LogP) is 3.46. The highest BCUT2D eigenvalue weighted by Crippen LogP contribution is 2.19. The lowest BCUT2D eigenvalue weighted by Gasteiger charge is -2.04. The van der Waals surface area contributed by atoms with Gasteiger partial charge in [-0.05, 0) is 44.4 Å². The third-order valence-electron chi connectivity index (χ3n) is 3.74. The average Bonchev–Trinajstić information content (AvgIpc) is 3.16. The van der Waals surface area contributed by atoms with Crippen molar-refractivity contribution in [2.75, 3.05) is 6.54 Å². The summed E-state index contributed by atoms with van der Waals surface area (Å²) in [6.07, 6.45) is 11.5. The molecule has 1 N–H and O–H groups in total. The number of nitrogens with one attached hydrogen (secondary N) is 1. The van der Waals surface area contributed by atoms with Crippen LogP contribution in [-0.2, 0) is 6.54 Å². The SMILES string of the molecule is C1=C(CCNCc2cnn(-c3ccccc3)c2)CCC1. The van der Waals surface area contributed by atoms with E-state index in [9.17, 15) is 0 Å². The molecule has 1 heterocycles. The molecule has 3 heteroatoms. The Kier molecular flexibility index (Phi) is 4.28. The van der Waals surface area contributed by atoms with Crippen LogP contribution in [0.15, 0.2) is 54.4 Å². The van der Waals surface area contributed by atoms with Crippen molar-refractivity contribution in [1.82, 2.24) is 15.1 Å². The molecule has 0 unspecified atom stereocenters. The van der Waals surface area contributed by atoms with Crippen LogP contribution in [0.4, 0.5) is 0 Å². The van der Waals surface area contributed by atoms with Gasteiger partial charge in [-0.15, -0.1) is 0 Å². The van der Waals surface area contributed by atoms with Gasteiger partial charge in [0.1, 0.15) is 0 Å². The molecule has 1 aromatic heterocycles. The summed E-state index contributed by atoms with van der Waals surface area (Å²) < 4.78 is 1.93. The van der Waals surface area contributed by atoms with Gasteiger partial charge >= 0.3 is 0 Å². The smallest absolute Gasteiger partial charge is 0.0645 e. The third kappa shape index (κ3) is 3.36. The summed E-state index contributed by atoms with van der Waals surface area (Å²) in [6, 6.07) is 10.2. The standard InChI is InChI=1S/C17H21N3/c1-2-8-17(9-3-1)20-14-16(13-19-20)12-18-11-10-15-6-4-5-7-15/h1-3,6,8-9,13-14,18H,4-5,7,10-12H2. The molecule has 0 amide bonds. The fourth-order valence-corrected chi connectivity index (χ4v) is 2.62. The van der Waals surface area contributed by atoms with Crippen molar-refractivity contribution in [1.29, 1.82) is 0 Å². The minimum absolute atomic E-state index is 0.889. The maximum absolute atomic E-state index is 4.41. The zero-order valence-electron chi connectivity index (χ0n) is 11.8. The Morgan fingerprint density at radius 2 is 2.10 bits per heavy atom. The number of hydrogen-bond acceptors (Lipinski definition) is 2. The van der Waals surface area contributed by atoms with Crippen LogP contribution in [0.3, 0.4) is 0 Å². The minimum Gasteiger partial charge on any atom is -0.312 e. The quantitative estimate of drug-likeness (QED) is 0.641. The number of benzene rings is 1. The van der Waals surface area contributed by atoms with Gasteiger partial charge in [-0.1, -0.05) is 29.8 Å². The van der Waals surface area contributed by atoms with Crippen LogP contribution in [-0.4, -0.2) is 16.3 Å². The second-order valence-electron chi connectivity index (χ2n) is 5.31. The highest BCUT2D eigenvalue weighted by atomic mass is 15.3. The lowest BCUT2D eigenvalue weighted by atomic mass is 10.2. The van der Waals surface area contributed by atoms with Crippen molar-refractivity contribution in [2.45, 2.75) is 32.2 Å². The van der Waals surface area contributed by atoms with E-state index in [1.807, 2.05) is 29.1 Å². The fraction of sp³-hybridized carbons (Fsp3) is 0.353. The first-order valence-corrected chi connectivity index (χ1v) is 7.39. The van der Waals surface area contributed by atoms with Gasteiger partial charge in [0.25, 0.3) is 0 Å². The van der Waals surface area contributed by atoms with E-state index in [4.69, 9.17) is 0 Å². The molecule has 2 aromatic rings. The Morgan fingerprint density at radius 3 is 2.90 bits per heavy atom. The van der Waals surface area contributed by atoms with E-state index in [1.165, 1.54) is 31.2 Å². The van der Waals surface area contributed by atoms with E-state index >= 15 is 0 Å². The zero-order chi connectivity index (χ0) is 13.6. The van der Waals surface area contributed by atoms with Gasteiger partial charge in [-0.25, -0.2) is 4.68 Å². The topological polar surface area (TPSA) is 29.9 Å². The van der Waals surface area contributed by atoms with E-state index in [0.29, 0.717) is 0 Å². The Balaban J connectivity index is 1.48. The molecule has 20 heavy (non-hydrogen) atoms. The third-order valence-corrected chi connectivity index (χ3v) is 3.74. The predicted molar refractivity (Wildman–Crippen MR) is 81.8 cm³/mol. The van der Waals surface area contributed by atoms with E-state index in [-0.39, 0.29) is 0 Å². The lowest BCUT2D eigenvalue weighted by Crippen LogP contribution is -2.14. The molecule has 0 aliphatic heterocycles. The largest absolute Gasteiger partial charge is 0.312 e. The summed E-state index contributed by atoms with van der Waals surface area (Å²) in [5, 5.41) is 7.91. The number of para-hydroxylation sites is 1. The summed E-state index contributed by atoms with van der Waals surface area (Å²) >= 11 is 0. The Hall–Kier alpha value is -1.87. The summed E-state index contributed by atoms with van der Waals surface area (Å²) in [5.41, 5.74) is 3.96. The maximum atomic E-state index is 4.41. The van der Waals surface area contributed by atoms with Gasteiger partial charge in [-0.3, -0.25) is 0 Å². The highest BCUT2D eigenvalue weighted by molar-refractivity contribution is 5.30. The molecule has 104 valence electrons. The van der Waals surface area contributed by atoms with Crippen molar-refractivity contribution >= 4 is 0 Å². The van der Waals surface area contributed by atoms with Gasteiger partial charge in [0.15, 0.2) is 0 Å². The summed E-state index contributed by atoms with van der Waals surface area (Å²) in [4.78, 5) is 0. The van der Waals surface area contributed by atoms with Crippen LogP contribution in [0.25, 0.3) is 5.69 Å². The van der Waals surface area contributed by atoms with Crippen LogP contribution in [0.1, 0.15) is 31.2 Å². The molecular formula is C17H21N3. The first-order valence-electron chi connectivity index (χ1n) is 7.39. The minimum atomic E-state index is 0.889. The van der Waals surface area contributed by atoms with Crippen molar-refractivity contribution in [3.63, 3.8) is 0 Å². The van der Waals surface area contributed by atoms with E-state index in [2.05, 4.69) is 34.8 Å². The molecule has 0 saturated carbocycles. The second-order valence-corrected chi connectivity index (χ2v) is 5.31. The molecule has 0 fully saturated rings. The van der Waals surface area contributed by atoms with Crippen LogP contribution in [0.2, 0.25) is 0 Å². The number of aromatic nitrogens is 2.